The van der Waals surface area contributed by atoms with Crippen molar-refractivity contribution in [2.45, 2.75) is 13.8 Å². The highest BCUT2D eigenvalue weighted by Gasteiger charge is 1.23. The third-order valence-corrected chi connectivity index (χ3v) is 0. The minimum Gasteiger partial charge on any atom is -0.308 e. The van der Waals surface area contributed by atoms with Crippen LogP contribution in [-0.2, 0) is 4.84 Å². The Labute approximate surface area is 32.9 Å². The molecule has 0 fully saturated rings. The van der Waals surface area contributed by atoms with Gasteiger partial charge >= 0.3 is 0 Å². The van der Waals surface area contributed by atoms with Crippen molar-refractivity contribution in [3.05, 3.63) is 0 Å². The smallest absolute Gasteiger partial charge is 0.0569 e. The van der Waals surface area contributed by atoms with Gasteiger partial charge in [-0.3, -0.25) is 0 Å². The molecular weight excluding hydrogens is 66.0 g/mol. The van der Waals surface area contributed by atoms with Gasteiger partial charge in [0.25, 0.3) is 0 Å². The Morgan fingerprint density at radius 3 is 1.40 bits per heavy atom. The molecule has 0 aromatic carbocycles. The Morgan fingerprint density at radius 2 is 1.40 bits per heavy atom. The van der Waals surface area contributed by atoms with Gasteiger partial charge in [-0.05, 0) is 0 Å². The summed E-state index contributed by atoms with van der Waals surface area (Å²) in [7, 11) is 1.40. The molecule has 0 bridgehead atoms. The molecule has 0 aromatic heterocycles. The zero-order valence-corrected chi connectivity index (χ0v) is 3.99. The molecule has 0 radical (unpaired) electrons. The number of hydrogen-bond acceptors (Lipinski definition) is 2. The summed E-state index contributed by atoms with van der Waals surface area (Å²) in [6.07, 6.45) is 0. The molecule has 0 aliphatic heterocycles. The van der Waals surface area contributed by atoms with Crippen LogP contribution in [0.25, 0.3) is 0 Å². The predicted molar refractivity (Wildman–Crippen MR) is 22.5 cm³/mol. The third kappa shape index (κ3) is 2260. The zero-order valence-electron chi connectivity index (χ0n) is 3.99. The van der Waals surface area contributed by atoms with Gasteiger partial charge in [-0.2, -0.15) is 0 Å². The minimum absolute atomic E-state index is 1.40. The number of rotatable bonds is 0. The highest BCUT2D eigenvalue weighted by Crippen LogP contribution is 1.15. The maximum absolute atomic E-state index is 4.35. The second-order valence-corrected chi connectivity index (χ2v) is 0.236. The van der Waals surface area contributed by atoms with Crippen LogP contribution in [0.1, 0.15) is 13.8 Å². The highest BCUT2D eigenvalue weighted by molar-refractivity contribution is 3.50. The molecule has 0 atom stereocenters. The minimum atomic E-state index is 1.40. The van der Waals surface area contributed by atoms with Crippen LogP contribution in [0.15, 0.2) is 0 Å². The molecule has 0 amide bonds. The van der Waals surface area contributed by atoms with Crippen molar-refractivity contribution in [3.63, 3.8) is 0 Å². The Morgan fingerprint density at radius 1 is 1.40 bits per heavy atom. The molecule has 2 nitrogen and oxygen atoms in total. The first-order valence-corrected chi connectivity index (χ1v) is 1.64. The molecule has 2 N–H and O–H groups in total. The van der Waals surface area contributed by atoms with Crippen molar-refractivity contribution in [1.29, 1.82) is 0 Å². The quantitative estimate of drug-likeness (QED) is 0.428. The van der Waals surface area contributed by atoms with E-state index >= 15 is 0 Å². The predicted octanol–water partition coefficient (Wildman–Crippen LogP) is 0.533. The Hall–Kier alpha value is -0.0800. The van der Waals surface area contributed by atoms with Crippen molar-refractivity contribution in [2.75, 3.05) is 7.11 Å². The SMILES string of the molecule is CC.CON. The Kier molecular flexibility index (Phi) is 70.0. The van der Waals surface area contributed by atoms with Gasteiger partial charge in [-0.25, -0.2) is 5.90 Å². The summed E-state index contributed by atoms with van der Waals surface area (Å²) in [4.78, 5) is 3.75. The maximum Gasteiger partial charge on any atom is 0.0569 e. The van der Waals surface area contributed by atoms with Crippen LogP contribution in [0, 0.1) is 0 Å². The second-order valence-electron chi connectivity index (χ2n) is 0.236. The second kappa shape index (κ2) is 39.5. The van der Waals surface area contributed by atoms with Crippen LogP contribution >= 0.6 is 0 Å². The summed E-state index contributed by atoms with van der Waals surface area (Å²) in [5.41, 5.74) is 0. The van der Waals surface area contributed by atoms with E-state index in [0.29, 0.717) is 0 Å². The lowest BCUT2D eigenvalue weighted by Crippen LogP contribution is -1.86. The van der Waals surface area contributed by atoms with Gasteiger partial charge in [-0.1, -0.05) is 13.8 Å². The van der Waals surface area contributed by atoms with E-state index in [4.69, 9.17) is 0 Å². The average molecular weight is 77.1 g/mol. The van der Waals surface area contributed by atoms with Gasteiger partial charge in [0.1, 0.15) is 0 Å². The van der Waals surface area contributed by atoms with Crippen molar-refractivity contribution in [1.82, 2.24) is 0 Å². The lowest BCUT2D eigenvalue weighted by Gasteiger charge is -1.62. The van der Waals surface area contributed by atoms with E-state index in [0.717, 1.165) is 0 Å². The molecule has 0 aliphatic rings. The largest absolute Gasteiger partial charge is 0.308 e. The molecule has 0 unspecified atom stereocenters. The molecule has 34 valence electrons. The molecule has 0 saturated heterocycles. The fourth-order valence-corrected chi connectivity index (χ4v) is 0. The summed E-state index contributed by atoms with van der Waals surface area (Å²) in [5, 5.41) is 0. The number of hydrogen-bond donors (Lipinski definition) is 1. The lowest BCUT2D eigenvalue weighted by molar-refractivity contribution is 0.206. The first-order valence-electron chi connectivity index (χ1n) is 1.64. The molecule has 0 saturated carbocycles. The van der Waals surface area contributed by atoms with E-state index in [9.17, 15) is 0 Å². The van der Waals surface area contributed by atoms with E-state index in [1.54, 1.807) is 0 Å². The Bertz CT molecular complexity index is 6.85. The first-order chi connectivity index (χ1) is 2.41. The van der Waals surface area contributed by atoms with Gasteiger partial charge < -0.3 is 4.84 Å². The van der Waals surface area contributed by atoms with Crippen molar-refractivity contribution >= 4 is 0 Å². The Balaban J connectivity index is 0. The molecular formula is C3H11NO. The van der Waals surface area contributed by atoms with Gasteiger partial charge in [0.05, 0.1) is 7.11 Å². The topological polar surface area (TPSA) is 35.2 Å². The summed E-state index contributed by atoms with van der Waals surface area (Å²) in [5.74, 6) is 4.35. The highest BCUT2D eigenvalue weighted by atomic mass is 16.6. The van der Waals surface area contributed by atoms with Crippen molar-refractivity contribution < 1.29 is 4.84 Å². The summed E-state index contributed by atoms with van der Waals surface area (Å²) in [6, 6.07) is 0. The van der Waals surface area contributed by atoms with Gasteiger partial charge in [0.15, 0.2) is 0 Å². The summed E-state index contributed by atoms with van der Waals surface area (Å²) < 4.78 is 0. The van der Waals surface area contributed by atoms with Crippen LogP contribution in [0.5, 0.6) is 0 Å². The molecule has 2 heteroatoms. The van der Waals surface area contributed by atoms with E-state index in [1.807, 2.05) is 13.8 Å². The molecule has 0 aromatic rings. The zero-order chi connectivity index (χ0) is 4.71. The molecule has 0 spiro atoms. The van der Waals surface area contributed by atoms with E-state index in [-0.39, 0.29) is 0 Å². The normalized spacial score (nSPS) is 4.80. The first kappa shape index (κ1) is 8.87. The fourth-order valence-electron chi connectivity index (χ4n) is 0. The average Bonchev–Trinajstić information content (AvgIpc) is 1.46. The van der Waals surface area contributed by atoms with Gasteiger partial charge in [0, 0.05) is 0 Å². The van der Waals surface area contributed by atoms with E-state index in [2.05, 4.69) is 10.7 Å². The monoisotopic (exact) mass is 77.1 g/mol. The van der Waals surface area contributed by atoms with Crippen LogP contribution in [0.2, 0.25) is 0 Å². The van der Waals surface area contributed by atoms with Crippen molar-refractivity contribution in [3.8, 4) is 0 Å². The lowest BCUT2D eigenvalue weighted by atomic mass is 11.0. The third-order valence-electron chi connectivity index (χ3n) is 0. The summed E-state index contributed by atoms with van der Waals surface area (Å²) >= 11 is 0. The standard InChI is InChI=1S/C2H6.CH5NO/c1-2;1-3-2/h1-2H3;2H2,1H3. The van der Waals surface area contributed by atoms with Crippen molar-refractivity contribution in [2.24, 2.45) is 5.90 Å². The molecule has 5 heavy (non-hydrogen) atoms. The van der Waals surface area contributed by atoms with E-state index < -0.39 is 0 Å². The molecule has 0 heterocycles. The molecule has 0 rings (SSSR count). The van der Waals surface area contributed by atoms with Gasteiger partial charge in [-0.15, -0.1) is 0 Å². The fraction of sp³-hybridized carbons (Fsp3) is 1.00. The van der Waals surface area contributed by atoms with Crippen LogP contribution in [0.3, 0.4) is 0 Å². The van der Waals surface area contributed by atoms with Gasteiger partial charge in [0.2, 0.25) is 0 Å². The summed E-state index contributed by atoms with van der Waals surface area (Å²) in [6.45, 7) is 4.00. The number of nitrogens with two attached hydrogens (primary N) is 1. The maximum atomic E-state index is 4.35. The van der Waals surface area contributed by atoms with Crippen LogP contribution < -0.4 is 5.90 Å². The van der Waals surface area contributed by atoms with Crippen LogP contribution in [-0.4, -0.2) is 7.11 Å². The van der Waals surface area contributed by atoms with Crippen LogP contribution in [0.4, 0.5) is 0 Å². The van der Waals surface area contributed by atoms with E-state index in [1.165, 1.54) is 7.11 Å². The molecule has 0 aliphatic carbocycles.